The Hall–Kier alpha value is -2.88. The summed E-state index contributed by atoms with van der Waals surface area (Å²) < 4.78 is 0. The third-order valence-corrected chi connectivity index (χ3v) is 8.23. The van der Waals surface area contributed by atoms with Crippen LogP contribution in [0.2, 0.25) is 0 Å². The number of fused-ring (bicyclic) bond motifs is 1. The van der Waals surface area contributed by atoms with Crippen LogP contribution < -0.4 is 0 Å². The van der Waals surface area contributed by atoms with Crippen molar-refractivity contribution in [3.05, 3.63) is 69.8 Å². The molecule has 3 rings (SSSR count). The van der Waals surface area contributed by atoms with E-state index in [4.69, 9.17) is 0 Å². The molecule has 0 heterocycles. The van der Waals surface area contributed by atoms with Crippen LogP contribution in [-0.2, 0) is 40.1 Å². The van der Waals surface area contributed by atoms with E-state index in [1.165, 1.54) is 12.5 Å². The van der Waals surface area contributed by atoms with Crippen molar-refractivity contribution in [2.45, 2.75) is 98.8 Å². The second kappa shape index (κ2) is 13.8. The van der Waals surface area contributed by atoms with Crippen molar-refractivity contribution >= 4 is 23.1 Å². The molecular formula is C34H44O4. The van der Waals surface area contributed by atoms with Crippen molar-refractivity contribution in [3.8, 4) is 0 Å². The fourth-order valence-corrected chi connectivity index (χ4v) is 6.36. The largest absolute Gasteiger partial charge is 0.300 e. The second-order valence-electron chi connectivity index (χ2n) is 11.3. The molecule has 0 amide bonds. The summed E-state index contributed by atoms with van der Waals surface area (Å²) in [5.41, 5.74) is 6.04. The van der Waals surface area contributed by atoms with Crippen LogP contribution in [0.5, 0.6) is 0 Å². The molecule has 4 nitrogen and oxygen atoms in total. The molecule has 3 unspecified atom stereocenters. The Labute approximate surface area is 228 Å². The first-order valence-corrected chi connectivity index (χ1v) is 14.4. The van der Waals surface area contributed by atoms with Gasteiger partial charge in [0.2, 0.25) is 0 Å². The first-order valence-electron chi connectivity index (χ1n) is 14.4. The van der Waals surface area contributed by atoms with E-state index in [0.29, 0.717) is 25.7 Å². The van der Waals surface area contributed by atoms with Crippen LogP contribution in [0.15, 0.2) is 36.4 Å². The van der Waals surface area contributed by atoms with E-state index in [0.717, 1.165) is 59.9 Å². The maximum atomic E-state index is 13.4. The van der Waals surface area contributed by atoms with Gasteiger partial charge in [-0.3, -0.25) is 19.2 Å². The molecule has 0 radical (unpaired) electrons. The molecule has 0 saturated heterocycles. The molecule has 0 spiro atoms. The van der Waals surface area contributed by atoms with Gasteiger partial charge in [-0.15, -0.1) is 0 Å². The lowest BCUT2D eigenvalue weighted by molar-refractivity contribution is -0.130. The Morgan fingerprint density at radius 2 is 1.61 bits per heavy atom. The fraction of sp³-hybridized carbons (Fsp3) is 0.529. The zero-order valence-electron chi connectivity index (χ0n) is 23.9. The predicted molar refractivity (Wildman–Crippen MR) is 153 cm³/mol. The average Bonchev–Trinajstić information content (AvgIpc) is 2.86. The minimum Gasteiger partial charge on any atom is -0.300 e. The van der Waals surface area contributed by atoms with E-state index in [1.54, 1.807) is 0 Å². The fourth-order valence-electron chi connectivity index (χ4n) is 6.36. The topological polar surface area (TPSA) is 68.3 Å². The van der Waals surface area contributed by atoms with E-state index in [2.05, 4.69) is 26.0 Å². The Morgan fingerprint density at radius 1 is 0.921 bits per heavy atom. The zero-order chi connectivity index (χ0) is 27.8. The minimum atomic E-state index is -0.145. The SMILES string of the molecule is CCCC(CC1CC(=O)c2c(C)ccc(CC(=O)Cc3ccc(CC)cc3)c2C1)C(CC)C(=O)CC(C)=O. The molecule has 1 aliphatic rings. The number of hydrogen-bond donors (Lipinski definition) is 0. The van der Waals surface area contributed by atoms with Crippen LogP contribution in [0, 0.1) is 24.7 Å². The van der Waals surface area contributed by atoms with Gasteiger partial charge in [0, 0.05) is 30.7 Å². The van der Waals surface area contributed by atoms with Gasteiger partial charge in [0.1, 0.15) is 17.3 Å². The number of Topliss-reactive ketones (excluding diaryl/α,β-unsaturated/α-hetero) is 4. The Balaban J connectivity index is 1.80. The molecule has 38 heavy (non-hydrogen) atoms. The molecule has 0 aliphatic heterocycles. The lowest BCUT2D eigenvalue weighted by Crippen LogP contribution is -2.30. The minimum absolute atomic E-state index is 0.00221. The normalized spacial score (nSPS) is 16.6. The summed E-state index contributed by atoms with van der Waals surface area (Å²) in [4.78, 5) is 51.0. The standard InChI is InChI=1S/C34H44O4/c1-6-9-27(30(8-3)32(37)16-23(5)35)17-26-19-31-28(15-10-22(4)34(31)33(38)20-26)21-29(36)18-25-13-11-24(7-2)12-14-25/h10-15,26-27,30H,6-9,16-21H2,1-5H3. The Kier molecular flexibility index (Phi) is 10.8. The summed E-state index contributed by atoms with van der Waals surface area (Å²) in [5, 5.41) is 0. The number of rotatable bonds is 14. The smallest absolute Gasteiger partial charge is 0.163 e. The maximum Gasteiger partial charge on any atom is 0.163 e. The van der Waals surface area contributed by atoms with Gasteiger partial charge in [-0.05, 0) is 79.2 Å². The summed E-state index contributed by atoms with van der Waals surface area (Å²) in [6.07, 6.45) is 6.31. The molecule has 0 saturated carbocycles. The van der Waals surface area contributed by atoms with Gasteiger partial charge in [-0.25, -0.2) is 0 Å². The summed E-state index contributed by atoms with van der Waals surface area (Å²) in [7, 11) is 0. The van der Waals surface area contributed by atoms with Crippen LogP contribution in [0.3, 0.4) is 0 Å². The van der Waals surface area contributed by atoms with Gasteiger partial charge >= 0.3 is 0 Å². The quantitative estimate of drug-likeness (QED) is 0.253. The summed E-state index contributed by atoms with van der Waals surface area (Å²) in [6.45, 7) is 9.72. The molecule has 2 aromatic rings. The number of benzene rings is 2. The van der Waals surface area contributed by atoms with Gasteiger partial charge in [-0.1, -0.05) is 70.0 Å². The zero-order valence-corrected chi connectivity index (χ0v) is 23.9. The molecule has 0 aromatic heterocycles. The van der Waals surface area contributed by atoms with Crippen molar-refractivity contribution in [2.75, 3.05) is 0 Å². The molecule has 0 N–H and O–H groups in total. The summed E-state index contributed by atoms with van der Waals surface area (Å²) in [6, 6.07) is 12.2. The lowest BCUT2D eigenvalue weighted by Gasteiger charge is -2.32. The molecule has 0 fully saturated rings. The molecule has 4 heteroatoms. The number of hydrogen-bond acceptors (Lipinski definition) is 4. The molecule has 204 valence electrons. The van der Waals surface area contributed by atoms with Crippen LogP contribution in [0.25, 0.3) is 0 Å². The monoisotopic (exact) mass is 516 g/mol. The molecule has 1 aliphatic carbocycles. The third-order valence-electron chi connectivity index (χ3n) is 8.23. The van der Waals surface area contributed by atoms with Gasteiger partial charge in [0.05, 0.1) is 6.42 Å². The first-order chi connectivity index (χ1) is 18.2. The summed E-state index contributed by atoms with van der Waals surface area (Å²) >= 11 is 0. The van der Waals surface area contributed by atoms with Crippen LogP contribution >= 0.6 is 0 Å². The third kappa shape index (κ3) is 7.58. The van der Waals surface area contributed by atoms with E-state index in [-0.39, 0.29) is 47.3 Å². The highest BCUT2D eigenvalue weighted by molar-refractivity contribution is 6.01. The van der Waals surface area contributed by atoms with Gasteiger partial charge < -0.3 is 0 Å². The predicted octanol–water partition coefficient (Wildman–Crippen LogP) is 7.04. The molecule has 0 bridgehead atoms. The Bertz CT molecular complexity index is 1160. The number of ketones is 4. The molecule has 2 aromatic carbocycles. The van der Waals surface area contributed by atoms with E-state index < -0.39 is 0 Å². The number of carbonyl (C=O) groups excluding carboxylic acids is 4. The van der Waals surface area contributed by atoms with Gasteiger partial charge in [0.15, 0.2) is 5.78 Å². The highest BCUT2D eigenvalue weighted by Gasteiger charge is 2.34. The lowest BCUT2D eigenvalue weighted by atomic mass is 9.71. The van der Waals surface area contributed by atoms with Crippen molar-refractivity contribution in [1.82, 2.24) is 0 Å². The van der Waals surface area contributed by atoms with Crippen LogP contribution in [0.4, 0.5) is 0 Å². The van der Waals surface area contributed by atoms with Gasteiger partial charge in [0.25, 0.3) is 0 Å². The molecular weight excluding hydrogens is 472 g/mol. The van der Waals surface area contributed by atoms with E-state index >= 15 is 0 Å². The number of carbonyl (C=O) groups is 4. The van der Waals surface area contributed by atoms with Gasteiger partial charge in [-0.2, -0.15) is 0 Å². The number of aryl methyl sites for hydroxylation is 2. The summed E-state index contributed by atoms with van der Waals surface area (Å²) in [5.74, 6) is 0.413. The first kappa shape index (κ1) is 29.7. The maximum absolute atomic E-state index is 13.4. The highest BCUT2D eigenvalue weighted by Crippen LogP contribution is 2.37. The second-order valence-corrected chi connectivity index (χ2v) is 11.3. The van der Waals surface area contributed by atoms with Crippen LogP contribution in [-0.4, -0.2) is 23.1 Å². The van der Waals surface area contributed by atoms with Crippen molar-refractivity contribution in [3.63, 3.8) is 0 Å². The molecule has 3 atom stereocenters. The van der Waals surface area contributed by atoms with E-state index in [1.807, 2.05) is 38.1 Å². The van der Waals surface area contributed by atoms with Crippen LogP contribution in [0.1, 0.15) is 104 Å². The van der Waals surface area contributed by atoms with Crippen molar-refractivity contribution in [2.24, 2.45) is 17.8 Å². The van der Waals surface area contributed by atoms with Crippen molar-refractivity contribution < 1.29 is 19.2 Å². The highest BCUT2D eigenvalue weighted by atomic mass is 16.1. The average molecular weight is 517 g/mol. The Morgan fingerprint density at radius 3 is 2.21 bits per heavy atom. The van der Waals surface area contributed by atoms with Crippen molar-refractivity contribution in [1.29, 1.82) is 0 Å². The van der Waals surface area contributed by atoms with E-state index in [9.17, 15) is 19.2 Å².